The third kappa shape index (κ3) is 2.53. The van der Waals surface area contributed by atoms with Crippen LogP contribution >= 0.6 is 0 Å². The van der Waals surface area contributed by atoms with Crippen molar-refractivity contribution in [1.29, 1.82) is 0 Å². The highest BCUT2D eigenvalue weighted by molar-refractivity contribution is 4.95. The summed E-state index contributed by atoms with van der Waals surface area (Å²) in [6, 6.07) is 0. The Kier molecular flexibility index (Phi) is 3.56. The van der Waals surface area contributed by atoms with Gasteiger partial charge in [0.25, 0.3) is 0 Å². The van der Waals surface area contributed by atoms with Gasteiger partial charge in [0.05, 0.1) is 12.7 Å². The molecular weight excluding hydrogens is 224 g/mol. The van der Waals surface area contributed by atoms with Crippen LogP contribution in [0.4, 0.5) is 0 Å². The van der Waals surface area contributed by atoms with Gasteiger partial charge in [-0.25, -0.2) is 0 Å². The Morgan fingerprint density at radius 3 is 2.65 bits per heavy atom. The summed E-state index contributed by atoms with van der Waals surface area (Å²) in [5.41, 5.74) is 0. The Bertz CT molecular complexity index is 291. The first-order valence-corrected chi connectivity index (χ1v) is 5.86. The summed E-state index contributed by atoms with van der Waals surface area (Å²) in [4.78, 5) is 0. The fraction of sp³-hybridized carbons (Fsp3) is 0.833. The van der Waals surface area contributed by atoms with Crippen LogP contribution in [0.3, 0.4) is 0 Å². The number of ether oxygens (including phenoxy) is 4. The van der Waals surface area contributed by atoms with Crippen LogP contribution in [0.2, 0.25) is 0 Å². The lowest BCUT2D eigenvalue weighted by molar-refractivity contribution is -0.268. The van der Waals surface area contributed by atoms with Gasteiger partial charge in [0.15, 0.2) is 12.1 Å². The van der Waals surface area contributed by atoms with Crippen molar-refractivity contribution in [2.45, 2.75) is 57.3 Å². The lowest BCUT2D eigenvalue weighted by atomic mass is 10.0. The van der Waals surface area contributed by atoms with Crippen molar-refractivity contribution in [3.05, 3.63) is 12.7 Å². The van der Waals surface area contributed by atoms with E-state index in [0.29, 0.717) is 6.61 Å². The van der Waals surface area contributed by atoms with Crippen LogP contribution in [0, 0.1) is 0 Å². The van der Waals surface area contributed by atoms with Crippen molar-refractivity contribution < 1.29 is 24.1 Å². The van der Waals surface area contributed by atoms with Crippen LogP contribution in [0.1, 0.15) is 20.8 Å². The van der Waals surface area contributed by atoms with E-state index >= 15 is 0 Å². The minimum absolute atomic E-state index is 0.344. The molecule has 98 valence electrons. The molecular formula is C12H20O5. The average molecular weight is 244 g/mol. The minimum Gasteiger partial charge on any atom is -0.388 e. The molecule has 0 bridgehead atoms. The number of hydrogen-bond acceptors (Lipinski definition) is 5. The summed E-state index contributed by atoms with van der Waals surface area (Å²) in [7, 11) is 0. The molecule has 1 unspecified atom stereocenters. The number of rotatable bonds is 3. The highest BCUT2D eigenvalue weighted by atomic mass is 16.8. The smallest absolute Gasteiger partial charge is 0.187 e. The van der Waals surface area contributed by atoms with E-state index in [1.807, 2.05) is 13.8 Å². The molecule has 0 aromatic carbocycles. The van der Waals surface area contributed by atoms with Crippen molar-refractivity contribution in [1.82, 2.24) is 0 Å². The SMILES string of the molecule is C=CCOC1O[C@@H](C)[C@H](O)[C@H]2OC(C)(C)O[C@@H]12. The summed E-state index contributed by atoms with van der Waals surface area (Å²) in [6.07, 6.45) is -0.749. The van der Waals surface area contributed by atoms with Crippen molar-refractivity contribution in [3.63, 3.8) is 0 Å². The normalized spacial score (nSPS) is 44.4. The van der Waals surface area contributed by atoms with Gasteiger partial charge in [-0.15, -0.1) is 6.58 Å². The molecule has 5 nitrogen and oxygen atoms in total. The minimum atomic E-state index is -0.723. The molecule has 5 heteroatoms. The zero-order valence-electron chi connectivity index (χ0n) is 10.5. The van der Waals surface area contributed by atoms with E-state index in [4.69, 9.17) is 18.9 Å². The average Bonchev–Trinajstić information content (AvgIpc) is 2.58. The van der Waals surface area contributed by atoms with E-state index in [-0.39, 0.29) is 6.10 Å². The quantitative estimate of drug-likeness (QED) is 0.745. The highest BCUT2D eigenvalue weighted by Crippen LogP contribution is 2.37. The van der Waals surface area contributed by atoms with Crippen molar-refractivity contribution in [3.8, 4) is 0 Å². The molecule has 0 radical (unpaired) electrons. The number of aliphatic hydroxyl groups is 1. The maximum Gasteiger partial charge on any atom is 0.187 e. The van der Waals surface area contributed by atoms with Gasteiger partial charge in [-0.2, -0.15) is 0 Å². The van der Waals surface area contributed by atoms with Gasteiger partial charge in [-0.1, -0.05) is 6.08 Å². The van der Waals surface area contributed by atoms with Crippen molar-refractivity contribution >= 4 is 0 Å². The molecule has 0 aliphatic carbocycles. The van der Waals surface area contributed by atoms with E-state index in [0.717, 1.165) is 0 Å². The summed E-state index contributed by atoms with van der Waals surface area (Å²) in [5.74, 6) is -0.723. The van der Waals surface area contributed by atoms with E-state index in [2.05, 4.69) is 6.58 Å². The molecule has 0 saturated carbocycles. The van der Waals surface area contributed by atoms with Gasteiger partial charge in [0.1, 0.15) is 18.3 Å². The molecule has 0 spiro atoms. The summed E-state index contributed by atoms with van der Waals surface area (Å²) < 4.78 is 22.5. The van der Waals surface area contributed by atoms with Crippen molar-refractivity contribution in [2.75, 3.05) is 6.61 Å². The first kappa shape index (κ1) is 13.0. The summed E-state index contributed by atoms with van der Waals surface area (Å²) >= 11 is 0. The third-order valence-electron chi connectivity index (χ3n) is 2.98. The first-order valence-electron chi connectivity index (χ1n) is 5.86. The fourth-order valence-corrected chi connectivity index (χ4v) is 2.23. The monoisotopic (exact) mass is 244 g/mol. The number of aliphatic hydroxyl groups excluding tert-OH is 1. The van der Waals surface area contributed by atoms with Gasteiger partial charge in [-0.05, 0) is 20.8 Å². The third-order valence-corrected chi connectivity index (χ3v) is 2.98. The maximum atomic E-state index is 10.0. The molecule has 1 N–H and O–H groups in total. The summed E-state index contributed by atoms with van der Waals surface area (Å²) in [5, 5.41) is 10.0. The standard InChI is InChI=1S/C12H20O5/c1-5-6-14-11-10-9(8(13)7(2)15-11)16-12(3,4)17-10/h5,7-11,13H,1,6H2,2-4H3/t7-,8-,9+,10+,11?/m0/s1. The van der Waals surface area contributed by atoms with Crippen LogP contribution < -0.4 is 0 Å². The molecule has 17 heavy (non-hydrogen) atoms. The van der Waals surface area contributed by atoms with E-state index in [1.165, 1.54) is 0 Å². The molecule has 5 atom stereocenters. The Morgan fingerprint density at radius 2 is 2.00 bits per heavy atom. The molecule has 2 fully saturated rings. The van der Waals surface area contributed by atoms with E-state index in [1.54, 1.807) is 13.0 Å². The van der Waals surface area contributed by atoms with Gasteiger partial charge in [0, 0.05) is 0 Å². The molecule has 2 rings (SSSR count). The van der Waals surface area contributed by atoms with E-state index in [9.17, 15) is 5.11 Å². The van der Waals surface area contributed by atoms with Crippen LogP contribution in [0.25, 0.3) is 0 Å². The number of hydrogen-bond donors (Lipinski definition) is 1. The second-order valence-electron chi connectivity index (χ2n) is 4.89. The molecule has 0 amide bonds. The van der Waals surface area contributed by atoms with Crippen LogP contribution in [0.15, 0.2) is 12.7 Å². The van der Waals surface area contributed by atoms with Gasteiger partial charge in [0.2, 0.25) is 0 Å². The van der Waals surface area contributed by atoms with E-state index < -0.39 is 30.4 Å². The molecule has 0 aromatic rings. The second kappa shape index (κ2) is 4.66. The largest absolute Gasteiger partial charge is 0.388 e. The van der Waals surface area contributed by atoms with Crippen LogP contribution in [-0.4, -0.2) is 48.2 Å². The molecule has 2 aliphatic rings. The highest BCUT2D eigenvalue weighted by Gasteiger charge is 2.54. The second-order valence-corrected chi connectivity index (χ2v) is 4.89. The van der Waals surface area contributed by atoms with Crippen LogP contribution in [-0.2, 0) is 18.9 Å². The van der Waals surface area contributed by atoms with Crippen molar-refractivity contribution in [2.24, 2.45) is 0 Å². The Balaban J connectivity index is 2.11. The predicted octanol–water partition coefficient (Wildman–Crippen LogP) is 0.815. The lowest BCUT2D eigenvalue weighted by Gasteiger charge is -2.38. The zero-order valence-corrected chi connectivity index (χ0v) is 10.5. The maximum absolute atomic E-state index is 10.0. The van der Waals surface area contributed by atoms with Crippen LogP contribution in [0.5, 0.6) is 0 Å². The molecule has 2 heterocycles. The topological polar surface area (TPSA) is 57.2 Å². The number of fused-ring (bicyclic) bond motifs is 1. The lowest BCUT2D eigenvalue weighted by Crippen LogP contribution is -2.55. The predicted molar refractivity (Wildman–Crippen MR) is 60.3 cm³/mol. The fourth-order valence-electron chi connectivity index (χ4n) is 2.23. The van der Waals surface area contributed by atoms with Gasteiger partial charge in [-0.3, -0.25) is 0 Å². The first-order chi connectivity index (χ1) is 7.94. The molecule has 0 aromatic heterocycles. The van der Waals surface area contributed by atoms with Gasteiger partial charge >= 0.3 is 0 Å². The zero-order chi connectivity index (χ0) is 12.6. The molecule has 2 saturated heterocycles. The Hall–Kier alpha value is -0.460. The Morgan fingerprint density at radius 1 is 1.35 bits per heavy atom. The van der Waals surface area contributed by atoms with Gasteiger partial charge < -0.3 is 24.1 Å². The Labute approximate surface area is 101 Å². The molecule has 2 aliphatic heterocycles. The summed E-state index contributed by atoms with van der Waals surface area (Å²) in [6.45, 7) is 9.38.